The zero-order chi connectivity index (χ0) is 17.2. The van der Waals surface area contributed by atoms with Crippen molar-refractivity contribution in [2.24, 2.45) is 11.8 Å². The molecule has 0 aromatic carbocycles. The van der Waals surface area contributed by atoms with E-state index in [9.17, 15) is 13.2 Å². The van der Waals surface area contributed by atoms with E-state index >= 15 is 0 Å². The zero-order valence-corrected chi connectivity index (χ0v) is 13.8. The van der Waals surface area contributed by atoms with Gasteiger partial charge >= 0.3 is 6.18 Å². The first-order valence-corrected chi connectivity index (χ1v) is 7.80. The van der Waals surface area contributed by atoms with Gasteiger partial charge in [0.05, 0.1) is 11.3 Å². The van der Waals surface area contributed by atoms with Crippen LogP contribution in [0.25, 0.3) is 11.1 Å². The molecule has 0 aliphatic carbocycles. The number of hydrogen-bond acceptors (Lipinski definition) is 2. The summed E-state index contributed by atoms with van der Waals surface area (Å²) in [6.45, 7) is 9.49. The molecule has 0 unspecified atom stereocenters. The van der Waals surface area contributed by atoms with Crippen molar-refractivity contribution in [2.75, 3.05) is 20.1 Å². The van der Waals surface area contributed by atoms with E-state index in [2.05, 4.69) is 23.4 Å². The van der Waals surface area contributed by atoms with E-state index in [1.165, 1.54) is 13.1 Å². The summed E-state index contributed by atoms with van der Waals surface area (Å²) in [7, 11) is 2.03. The molecule has 0 radical (unpaired) electrons. The Hall–Kier alpha value is -1.62. The average Bonchev–Trinajstić information content (AvgIpc) is 2.45. The lowest BCUT2D eigenvalue weighted by Crippen LogP contribution is -2.37. The number of pyridine rings is 1. The van der Waals surface area contributed by atoms with E-state index in [4.69, 9.17) is 0 Å². The van der Waals surface area contributed by atoms with Crippen molar-refractivity contribution in [1.29, 1.82) is 0 Å². The Morgan fingerprint density at radius 1 is 1.39 bits per heavy atom. The Morgan fingerprint density at radius 2 is 2.09 bits per heavy atom. The van der Waals surface area contributed by atoms with Crippen molar-refractivity contribution >= 4 is 11.1 Å². The Bertz CT molecular complexity index is 595. The third-order valence-electron chi connectivity index (χ3n) is 4.34. The molecule has 2 heterocycles. The molecule has 0 bridgehead atoms. The van der Waals surface area contributed by atoms with Crippen LogP contribution < -0.4 is 0 Å². The van der Waals surface area contributed by atoms with Crippen LogP contribution in [0.2, 0.25) is 0 Å². The highest BCUT2D eigenvalue weighted by molar-refractivity contribution is 5.79. The first-order chi connectivity index (χ1) is 10.7. The number of rotatable bonds is 3. The van der Waals surface area contributed by atoms with Gasteiger partial charge in [-0.05, 0) is 43.9 Å². The van der Waals surface area contributed by atoms with Crippen molar-refractivity contribution in [1.82, 2.24) is 9.88 Å². The second-order valence-corrected chi connectivity index (χ2v) is 6.38. The minimum atomic E-state index is -4.42. The highest BCUT2D eigenvalue weighted by Gasteiger charge is 2.37. The molecule has 0 N–H and O–H groups in total. The third kappa shape index (κ3) is 4.02. The predicted molar refractivity (Wildman–Crippen MR) is 87.7 cm³/mol. The fourth-order valence-corrected chi connectivity index (χ4v) is 3.40. The van der Waals surface area contributed by atoms with Crippen LogP contribution >= 0.6 is 0 Å². The van der Waals surface area contributed by atoms with Gasteiger partial charge in [-0.25, -0.2) is 0 Å². The monoisotopic (exact) mass is 324 g/mol. The molecule has 1 fully saturated rings. The molecule has 1 aliphatic heterocycles. The third-order valence-corrected chi connectivity index (χ3v) is 4.34. The SMILES string of the molecule is C=C(c1cccnc1/C(=C\C)C(F)(F)F)[C@H]1C[C@@H](C)CN(C)C1. The van der Waals surface area contributed by atoms with Crippen LogP contribution in [-0.2, 0) is 0 Å². The summed E-state index contributed by atoms with van der Waals surface area (Å²) >= 11 is 0. The lowest BCUT2D eigenvalue weighted by molar-refractivity contribution is -0.0692. The van der Waals surface area contributed by atoms with Crippen molar-refractivity contribution in [3.05, 3.63) is 42.2 Å². The molecular formula is C18H23F3N2. The summed E-state index contributed by atoms with van der Waals surface area (Å²) in [4.78, 5) is 6.22. The van der Waals surface area contributed by atoms with Gasteiger partial charge in [0.15, 0.2) is 0 Å². The topological polar surface area (TPSA) is 16.1 Å². The van der Waals surface area contributed by atoms with Crippen molar-refractivity contribution in [2.45, 2.75) is 26.4 Å². The highest BCUT2D eigenvalue weighted by atomic mass is 19.4. The van der Waals surface area contributed by atoms with Crippen molar-refractivity contribution in [3.8, 4) is 0 Å². The quantitative estimate of drug-likeness (QED) is 0.804. The van der Waals surface area contributed by atoms with E-state index in [1.54, 1.807) is 12.1 Å². The van der Waals surface area contributed by atoms with Gasteiger partial charge < -0.3 is 4.90 Å². The summed E-state index contributed by atoms with van der Waals surface area (Å²) in [5.74, 6) is 0.650. The number of likely N-dealkylation sites (tertiary alicyclic amines) is 1. The molecule has 1 aromatic heterocycles. The molecule has 2 atom stereocenters. The minimum Gasteiger partial charge on any atom is -0.305 e. The molecule has 2 rings (SSSR count). The number of allylic oxidation sites excluding steroid dienone is 2. The van der Waals surface area contributed by atoms with Crippen LogP contribution in [0.5, 0.6) is 0 Å². The fourth-order valence-electron chi connectivity index (χ4n) is 3.40. The Morgan fingerprint density at radius 3 is 2.65 bits per heavy atom. The number of piperidine rings is 1. The predicted octanol–water partition coefficient (Wildman–Crippen LogP) is 4.65. The van der Waals surface area contributed by atoms with Gasteiger partial charge in [-0.2, -0.15) is 13.2 Å². The maximum Gasteiger partial charge on any atom is 0.418 e. The van der Waals surface area contributed by atoms with Crippen LogP contribution in [0.1, 0.15) is 31.5 Å². The summed E-state index contributed by atoms with van der Waals surface area (Å²) < 4.78 is 39.8. The molecule has 0 saturated carbocycles. The van der Waals surface area contributed by atoms with Gasteiger partial charge in [-0.15, -0.1) is 0 Å². The van der Waals surface area contributed by atoms with Crippen molar-refractivity contribution in [3.63, 3.8) is 0 Å². The Labute approximate surface area is 135 Å². The van der Waals surface area contributed by atoms with E-state index in [1.807, 2.05) is 7.05 Å². The molecule has 1 saturated heterocycles. The standard InChI is InChI=1S/C18H23F3N2/c1-5-16(18(19,20)21)17-15(7-6-8-22-17)13(3)14-9-12(2)10-23(4)11-14/h5-8,12,14H,3,9-11H2,1-2,4H3/b16-5+/t12-,14+/m1/s1. The van der Waals surface area contributed by atoms with Gasteiger partial charge in [0.2, 0.25) is 0 Å². The number of halogens is 3. The lowest BCUT2D eigenvalue weighted by Gasteiger charge is -2.35. The molecule has 0 amide bonds. The van der Waals surface area contributed by atoms with Crippen LogP contribution in [0, 0.1) is 11.8 Å². The number of hydrogen-bond donors (Lipinski definition) is 0. The normalized spacial score (nSPS) is 23.8. The van der Waals surface area contributed by atoms with Crippen LogP contribution in [0.4, 0.5) is 13.2 Å². The van der Waals surface area contributed by atoms with E-state index in [0.717, 1.165) is 31.2 Å². The van der Waals surface area contributed by atoms with Crippen molar-refractivity contribution < 1.29 is 13.2 Å². The van der Waals surface area contributed by atoms with Gasteiger partial charge in [-0.1, -0.05) is 25.6 Å². The first-order valence-electron chi connectivity index (χ1n) is 7.80. The maximum absolute atomic E-state index is 13.3. The van der Waals surface area contributed by atoms with Gasteiger partial charge in [-0.3, -0.25) is 4.98 Å². The van der Waals surface area contributed by atoms with Gasteiger partial charge in [0.25, 0.3) is 0 Å². The summed E-state index contributed by atoms with van der Waals surface area (Å²) in [5, 5.41) is 0. The van der Waals surface area contributed by atoms with E-state index in [-0.39, 0.29) is 11.6 Å². The lowest BCUT2D eigenvalue weighted by atomic mass is 9.82. The number of alkyl halides is 3. The number of nitrogens with zero attached hydrogens (tertiary/aromatic N) is 2. The Kier molecular flexibility index (Phi) is 5.30. The Balaban J connectivity index is 2.39. The molecule has 5 heteroatoms. The van der Waals surface area contributed by atoms with Crippen LogP contribution in [0.15, 0.2) is 31.0 Å². The fraction of sp³-hybridized carbons (Fsp3) is 0.500. The van der Waals surface area contributed by atoms with Gasteiger partial charge in [0, 0.05) is 24.8 Å². The van der Waals surface area contributed by atoms with Crippen LogP contribution in [-0.4, -0.2) is 36.2 Å². The largest absolute Gasteiger partial charge is 0.418 e. The zero-order valence-electron chi connectivity index (χ0n) is 13.8. The van der Waals surface area contributed by atoms with E-state index in [0.29, 0.717) is 11.5 Å². The minimum absolute atomic E-state index is 0.0200. The summed E-state index contributed by atoms with van der Waals surface area (Å²) in [6.07, 6.45) is -1.00. The molecule has 126 valence electrons. The summed E-state index contributed by atoms with van der Waals surface area (Å²) in [5.41, 5.74) is 0.528. The molecule has 0 spiro atoms. The highest BCUT2D eigenvalue weighted by Crippen LogP contribution is 2.39. The van der Waals surface area contributed by atoms with Gasteiger partial charge in [0.1, 0.15) is 0 Å². The van der Waals surface area contributed by atoms with E-state index < -0.39 is 11.7 Å². The smallest absolute Gasteiger partial charge is 0.305 e. The molecule has 1 aliphatic rings. The first kappa shape index (κ1) is 17.7. The second kappa shape index (κ2) is 6.87. The molecule has 2 nitrogen and oxygen atoms in total. The number of aromatic nitrogens is 1. The second-order valence-electron chi connectivity index (χ2n) is 6.38. The molecule has 23 heavy (non-hydrogen) atoms. The molecule has 1 aromatic rings. The molecular weight excluding hydrogens is 301 g/mol. The van der Waals surface area contributed by atoms with Crippen LogP contribution in [0.3, 0.4) is 0 Å². The summed E-state index contributed by atoms with van der Waals surface area (Å²) in [6, 6.07) is 3.36. The maximum atomic E-state index is 13.3. The average molecular weight is 324 g/mol.